The first-order chi connectivity index (χ1) is 15.0. The second-order valence-corrected chi connectivity index (χ2v) is 7.49. The van der Waals surface area contributed by atoms with Crippen LogP contribution in [0.2, 0.25) is 0 Å². The molecule has 0 unspecified atom stereocenters. The number of carboxylic acid groups (broad SMARTS) is 1. The van der Waals surface area contributed by atoms with Gasteiger partial charge in [-0.15, -0.1) is 0 Å². The first-order valence-corrected chi connectivity index (χ1v) is 9.81. The molecule has 0 atom stereocenters. The number of fused-ring (bicyclic) bond motifs is 2. The van der Waals surface area contributed by atoms with Crippen molar-refractivity contribution in [3.8, 4) is 0 Å². The Bertz CT molecular complexity index is 1440. The quantitative estimate of drug-likeness (QED) is 0.398. The van der Waals surface area contributed by atoms with Gasteiger partial charge in [0.2, 0.25) is 0 Å². The Kier molecular flexibility index (Phi) is 4.25. The summed E-state index contributed by atoms with van der Waals surface area (Å²) in [4.78, 5) is 36.7. The molecule has 0 amide bonds. The highest BCUT2D eigenvalue weighted by Crippen LogP contribution is 2.40. The fourth-order valence-corrected chi connectivity index (χ4v) is 4.27. The summed E-state index contributed by atoms with van der Waals surface area (Å²) >= 11 is 0. The third-order valence-corrected chi connectivity index (χ3v) is 5.63. The Morgan fingerprint density at radius 3 is 2.06 bits per heavy atom. The Labute approximate surface area is 176 Å². The number of cyclic esters (lactones) is 2. The number of hydrogen-bond acceptors (Lipinski definition) is 4. The van der Waals surface area contributed by atoms with Crippen molar-refractivity contribution >= 4 is 50.9 Å². The summed E-state index contributed by atoms with van der Waals surface area (Å²) in [5, 5.41) is 10.7. The second kappa shape index (κ2) is 6.98. The molecule has 0 fully saturated rings. The summed E-state index contributed by atoms with van der Waals surface area (Å²) in [5.74, 6) is -2.29. The van der Waals surface area contributed by atoms with Crippen LogP contribution in [0.5, 0.6) is 0 Å². The molecule has 0 spiro atoms. The molecule has 7 heteroatoms. The zero-order valence-corrected chi connectivity index (χ0v) is 16.7. The first-order valence-electron chi connectivity index (χ1n) is 9.81. The van der Waals surface area contributed by atoms with Crippen LogP contribution in [-0.4, -0.2) is 32.1 Å². The van der Waals surface area contributed by atoms with Crippen LogP contribution in [0.1, 0.15) is 17.5 Å². The molecule has 1 N–H and O–H groups in total. The monoisotopic (exact) mass is 414 g/mol. The van der Waals surface area contributed by atoms with Gasteiger partial charge < -0.3 is 19.0 Å². The topological polar surface area (TPSA) is 90.5 Å². The molecule has 2 aromatic carbocycles. The molecular formula is C24H18N2O5. The van der Waals surface area contributed by atoms with Crippen LogP contribution in [0, 0.1) is 0 Å². The van der Waals surface area contributed by atoms with Gasteiger partial charge in [0, 0.05) is 58.9 Å². The molecular weight excluding hydrogens is 396 g/mol. The van der Waals surface area contributed by atoms with Crippen LogP contribution in [0.4, 0.5) is 0 Å². The van der Waals surface area contributed by atoms with Crippen LogP contribution < -0.4 is 0 Å². The molecule has 31 heavy (non-hydrogen) atoms. The van der Waals surface area contributed by atoms with E-state index in [1.54, 1.807) is 10.8 Å². The van der Waals surface area contributed by atoms with E-state index in [2.05, 4.69) is 0 Å². The van der Waals surface area contributed by atoms with Crippen molar-refractivity contribution in [3.63, 3.8) is 0 Å². The van der Waals surface area contributed by atoms with Gasteiger partial charge in [-0.2, -0.15) is 0 Å². The van der Waals surface area contributed by atoms with E-state index < -0.39 is 17.9 Å². The van der Waals surface area contributed by atoms with Gasteiger partial charge in [0.05, 0.1) is 17.6 Å². The molecule has 0 bridgehead atoms. The van der Waals surface area contributed by atoms with Crippen molar-refractivity contribution < 1.29 is 24.2 Å². The van der Waals surface area contributed by atoms with E-state index in [1.165, 1.54) is 0 Å². The summed E-state index contributed by atoms with van der Waals surface area (Å²) in [6.07, 6.45) is 3.49. The minimum Gasteiger partial charge on any atom is -0.481 e. The highest BCUT2D eigenvalue weighted by molar-refractivity contribution is 6.46. The number of aliphatic carboxylic acids is 1. The van der Waals surface area contributed by atoms with Crippen molar-refractivity contribution in [3.05, 3.63) is 72.1 Å². The van der Waals surface area contributed by atoms with Gasteiger partial charge >= 0.3 is 17.9 Å². The molecule has 2 aromatic heterocycles. The maximum atomic E-state index is 12.8. The van der Waals surface area contributed by atoms with E-state index in [-0.39, 0.29) is 24.1 Å². The number of hydrogen-bond donors (Lipinski definition) is 1. The van der Waals surface area contributed by atoms with E-state index in [1.807, 2.05) is 66.3 Å². The van der Waals surface area contributed by atoms with Crippen LogP contribution in [0.25, 0.3) is 33.0 Å². The van der Waals surface area contributed by atoms with E-state index >= 15 is 0 Å². The number of para-hydroxylation sites is 2. The van der Waals surface area contributed by atoms with Crippen LogP contribution in [0.15, 0.2) is 60.9 Å². The number of esters is 2. The third kappa shape index (κ3) is 2.93. The van der Waals surface area contributed by atoms with Gasteiger partial charge in [-0.1, -0.05) is 36.4 Å². The molecule has 5 rings (SSSR count). The Morgan fingerprint density at radius 1 is 0.871 bits per heavy atom. The Morgan fingerprint density at radius 2 is 1.42 bits per heavy atom. The normalized spacial score (nSPS) is 14.1. The highest BCUT2D eigenvalue weighted by atomic mass is 16.6. The van der Waals surface area contributed by atoms with Gasteiger partial charge in [-0.3, -0.25) is 4.79 Å². The predicted molar refractivity (Wildman–Crippen MR) is 115 cm³/mol. The van der Waals surface area contributed by atoms with E-state index in [0.717, 1.165) is 21.8 Å². The summed E-state index contributed by atoms with van der Waals surface area (Å²) in [7, 11) is 1.88. The summed E-state index contributed by atoms with van der Waals surface area (Å²) < 4.78 is 8.74. The lowest BCUT2D eigenvalue weighted by atomic mass is 9.95. The molecule has 0 saturated heterocycles. The van der Waals surface area contributed by atoms with Crippen molar-refractivity contribution in [2.75, 3.05) is 0 Å². The van der Waals surface area contributed by atoms with Gasteiger partial charge in [0.1, 0.15) is 0 Å². The summed E-state index contributed by atoms with van der Waals surface area (Å²) in [5.41, 5.74) is 3.33. The van der Waals surface area contributed by atoms with Gasteiger partial charge in [0.25, 0.3) is 0 Å². The standard InChI is InChI=1S/C24H18N2O5/c1-25-12-16(14-6-2-4-8-18(14)25)21-22(24(30)31-23(21)29)17-13-26(11-10-20(27)28)19-9-5-3-7-15(17)19/h2-9,12-13H,10-11H2,1H3,(H,27,28). The lowest BCUT2D eigenvalue weighted by molar-refractivity contribution is -0.149. The number of nitrogens with zero attached hydrogens (tertiary/aromatic N) is 2. The molecule has 154 valence electrons. The Balaban J connectivity index is 1.79. The Hall–Kier alpha value is -4.13. The molecule has 1 aliphatic heterocycles. The average molecular weight is 414 g/mol. The number of benzene rings is 2. The van der Waals surface area contributed by atoms with Crippen molar-refractivity contribution in [2.45, 2.75) is 13.0 Å². The molecule has 0 saturated carbocycles. The lowest BCUT2D eigenvalue weighted by Gasteiger charge is -2.02. The molecule has 0 radical (unpaired) electrons. The minimum absolute atomic E-state index is 0.0588. The fourth-order valence-electron chi connectivity index (χ4n) is 4.27. The minimum atomic E-state index is -0.912. The van der Waals surface area contributed by atoms with Crippen LogP contribution >= 0.6 is 0 Å². The number of carbonyl (C=O) groups excluding carboxylic acids is 2. The number of rotatable bonds is 5. The number of ether oxygens (including phenoxy) is 1. The zero-order chi connectivity index (χ0) is 21.7. The van der Waals surface area contributed by atoms with Crippen LogP contribution in [0.3, 0.4) is 0 Å². The second-order valence-electron chi connectivity index (χ2n) is 7.49. The largest absolute Gasteiger partial charge is 0.481 e. The zero-order valence-electron chi connectivity index (χ0n) is 16.7. The summed E-state index contributed by atoms with van der Waals surface area (Å²) in [6, 6.07) is 15.0. The van der Waals surface area contributed by atoms with Crippen molar-refractivity contribution in [1.29, 1.82) is 0 Å². The number of aryl methyl sites for hydroxylation is 2. The highest BCUT2D eigenvalue weighted by Gasteiger charge is 2.37. The molecule has 3 heterocycles. The molecule has 1 aliphatic rings. The van der Waals surface area contributed by atoms with Crippen molar-refractivity contribution in [1.82, 2.24) is 9.13 Å². The van der Waals surface area contributed by atoms with Gasteiger partial charge in [0.15, 0.2) is 0 Å². The smallest absolute Gasteiger partial charge is 0.347 e. The number of carboxylic acids is 1. The SMILES string of the molecule is Cn1cc(C2=C(c3cn(CCC(=O)O)c4ccccc34)C(=O)OC2=O)c2ccccc21. The van der Waals surface area contributed by atoms with Crippen molar-refractivity contribution in [2.24, 2.45) is 7.05 Å². The van der Waals surface area contributed by atoms with E-state index in [9.17, 15) is 14.4 Å². The number of aromatic nitrogens is 2. The fraction of sp³-hybridized carbons (Fsp3) is 0.125. The van der Waals surface area contributed by atoms with Crippen LogP contribution in [-0.2, 0) is 32.7 Å². The maximum absolute atomic E-state index is 12.8. The van der Waals surface area contributed by atoms with Gasteiger partial charge in [-0.25, -0.2) is 9.59 Å². The lowest BCUT2D eigenvalue weighted by Crippen LogP contribution is -2.03. The number of carbonyl (C=O) groups is 3. The molecule has 7 nitrogen and oxygen atoms in total. The van der Waals surface area contributed by atoms with E-state index in [0.29, 0.717) is 11.1 Å². The third-order valence-electron chi connectivity index (χ3n) is 5.63. The summed E-state index contributed by atoms with van der Waals surface area (Å²) in [6.45, 7) is 0.246. The maximum Gasteiger partial charge on any atom is 0.347 e. The average Bonchev–Trinajstić information content (AvgIpc) is 3.37. The van der Waals surface area contributed by atoms with E-state index in [4.69, 9.17) is 9.84 Å². The molecule has 0 aliphatic carbocycles. The predicted octanol–water partition coefficient (Wildman–Crippen LogP) is 3.60. The first kappa shape index (κ1) is 18.9. The van der Waals surface area contributed by atoms with Gasteiger partial charge in [-0.05, 0) is 12.1 Å². The molecule has 4 aromatic rings.